The lowest BCUT2D eigenvalue weighted by Crippen LogP contribution is -2.10. The van der Waals surface area contributed by atoms with Gasteiger partial charge in [0.05, 0.1) is 22.3 Å². The fraction of sp³-hybridized carbons (Fsp3) is 0.417. The normalized spacial score (nSPS) is 11.4. The summed E-state index contributed by atoms with van der Waals surface area (Å²) in [5.41, 5.74) is 0.473. The third-order valence-electron chi connectivity index (χ3n) is 2.15. The monoisotopic (exact) mass is 269 g/mol. The quantitative estimate of drug-likeness (QED) is 0.824. The minimum Gasteiger partial charge on any atom is -0.224 e. The molecule has 0 amide bonds. The van der Waals surface area contributed by atoms with Crippen molar-refractivity contribution in [3.63, 3.8) is 0 Å². The topological polar surface area (TPSA) is 57.9 Å². The van der Waals surface area contributed by atoms with Crippen LogP contribution in [0.15, 0.2) is 29.2 Å². The van der Waals surface area contributed by atoms with Crippen molar-refractivity contribution in [3.05, 3.63) is 29.8 Å². The second kappa shape index (κ2) is 6.08. The maximum Gasteiger partial charge on any atom is 0.179 e. The highest BCUT2D eigenvalue weighted by Crippen LogP contribution is 2.15. The zero-order valence-electron chi connectivity index (χ0n) is 9.88. The van der Waals surface area contributed by atoms with Crippen molar-refractivity contribution in [2.24, 2.45) is 0 Å². The van der Waals surface area contributed by atoms with E-state index in [1.165, 1.54) is 24.3 Å². The van der Waals surface area contributed by atoms with Crippen molar-refractivity contribution in [1.29, 1.82) is 5.26 Å². The summed E-state index contributed by atoms with van der Waals surface area (Å²) in [6, 6.07) is 8.01. The van der Waals surface area contributed by atoms with Gasteiger partial charge in [-0.2, -0.15) is 17.0 Å². The van der Waals surface area contributed by atoms with Gasteiger partial charge in [-0.05, 0) is 29.5 Å². The molecule has 0 heterocycles. The fourth-order valence-electron chi connectivity index (χ4n) is 1.25. The zero-order chi connectivity index (χ0) is 12.9. The van der Waals surface area contributed by atoms with E-state index in [1.807, 2.05) is 19.9 Å². The van der Waals surface area contributed by atoms with Crippen LogP contribution >= 0.6 is 11.8 Å². The van der Waals surface area contributed by atoms with Gasteiger partial charge in [0.25, 0.3) is 0 Å². The Morgan fingerprint density at radius 3 is 2.35 bits per heavy atom. The fourth-order valence-corrected chi connectivity index (χ4v) is 3.77. The van der Waals surface area contributed by atoms with Crippen LogP contribution in [0, 0.1) is 11.3 Å². The van der Waals surface area contributed by atoms with E-state index in [0.29, 0.717) is 21.5 Å². The summed E-state index contributed by atoms with van der Waals surface area (Å²) in [5.74, 6) is 0.738. The van der Waals surface area contributed by atoms with Crippen molar-refractivity contribution in [3.8, 4) is 6.07 Å². The molecule has 0 aliphatic heterocycles. The highest BCUT2D eigenvalue weighted by Gasteiger charge is 2.14. The molecule has 0 saturated heterocycles. The molecule has 5 heteroatoms. The van der Waals surface area contributed by atoms with Crippen LogP contribution in [0.2, 0.25) is 0 Å². The van der Waals surface area contributed by atoms with E-state index in [0.717, 1.165) is 0 Å². The number of benzene rings is 1. The second-order valence-corrected chi connectivity index (χ2v) is 7.67. The Morgan fingerprint density at radius 2 is 1.88 bits per heavy atom. The van der Waals surface area contributed by atoms with Gasteiger partial charge >= 0.3 is 0 Å². The third kappa shape index (κ3) is 4.41. The van der Waals surface area contributed by atoms with Gasteiger partial charge in [0.2, 0.25) is 0 Å². The first kappa shape index (κ1) is 14.1. The smallest absolute Gasteiger partial charge is 0.179 e. The molecule has 0 unspecified atom stereocenters. The van der Waals surface area contributed by atoms with Crippen molar-refractivity contribution in [2.75, 3.05) is 11.5 Å². The van der Waals surface area contributed by atoms with Gasteiger partial charge in [0.1, 0.15) is 0 Å². The van der Waals surface area contributed by atoms with Gasteiger partial charge in [-0.1, -0.05) is 13.8 Å². The van der Waals surface area contributed by atoms with Crippen LogP contribution in [-0.4, -0.2) is 25.2 Å². The highest BCUT2D eigenvalue weighted by molar-refractivity contribution is 8.01. The summed E-state index contributed by atoms with van der Waals surface area (Å²) >= 11 is 1.63. The van der Waals surface area contributed by atoms with E-state index in [9.17, 15) is 8.42 Å². The van der Waals surface area contributed by atoms with E-state index < -0.39 is 9.84 Å². The second-order valence-electron chi connectivity index (χ2n) is 3.87. The van der Waals surface area contributed by atoms with Crippen LogP contribution < -0.4 is 0 Å². The van der Waals surface area contributed by atoms with E-state index in [-0.39, 0.29) is 5.75 Å². The molecule has 0 aliphatic carbocycles. The molecule has 0 spiro atoms. The molecule has 1 aromatic rings. The summed E-state index contributed by atoms with van der Waals surface area (Å²) in [4.78, 5) is 0.292. The third-order valence-corrected chi connectivity index (χ3v) is 5.24. The van der Waals surface area contributed by atoms with Gasteiger partial charge < -0.3 is 0 Å². The Morgan fingerprint density at radius 1 is 1.29 bits per heavy atom. The van der Waals surface area contributed by atoms with Crippen LogP contribution in [-0.2, 0) is 9.84 Å². The number of rotatable bonds is 5. The molecule has 0 saturated carbocycles. The molecule has 1 aromatic carbocycles. The van der Waals surface area contributed by atoms with Gasteiger partial charge in [-0.15, -0.1) is 0 Å². The Balaban J connectivity index is 2.73. The molecule has 0 atom stereocenters. The summed E-state index contributed by atoms with van der Waals surface area (Å²) in [6.07, 6.45) is 0. The summed E-state index contributed by atoms with van der Waals surface area (Å²) in [6.45, 7) is 4.08. The largest absolute Gasteiger partial charge is 0.224 e. The number of thioether (sulfide) groups is 1. The minimum absolute atomic E-state index is 0.141. The molecule has 92 valence electrons. The van der Waals surface area contributed by atoms with E-state index in [1.54, 1.807) is 11.8 Å². The number of hydrogen-bond donors (Lipinski definition) is 0. The maximum absolute atomic E-state index is 11.9. The Bertz CT molecular complexity index is 498. The molecule has 0 bridgehead atoms. The first-order valence-electron chi connectivity index (χ1n) is 5.30. The molecule has 17 heavy (non-hydrogen) atoms. The lowest BCUT2D eigenvalue weighted by atomic mass is 10.2. The predicted molar refractivity (Wildman–Crippen MR) is 70.8 cm³/mol. The average Bonchev–Trinajstić information content (AvgIpc) is 2.28. The van der Waals surface area contributed by atoms with Gasteiger partial charge in [-0.3, -0.25) is 0 Å². The predicted octanol–water partition coefficient (Wildman–Crippen LogP) is 2.47. The highest BCUT2D eigenvalue weighted by atomic mass is 32.2. The molecule has 3 nitrogen and oxygen atoms in total. The number of hydrogen-bond acceptors (Lipinski definition) is 4. The van der Waals surface area contributed by atoms with Crippen LogP contribution in [0.25, 0.3) is 0 Å². The molecule has 1 rings (SSSR count). The zero-order valence-corrected chi connectivity index (χ0v) is 11.5. The van der Waals surface area contributed by atoms with E-state index in [2.05, 4.69) is 0 Å². The number of nitrogens with zero attached hydrogens (tertiary/aromatic N) is 1. The van der Waals surface area contributed by atoms with Gasteiger partial charge in [-0.25, -0.2) is 8.42 Å². The van der Waals surface area contributed by atoms with E-state index >= 15 is 0 Å². The lowest BCUT2D eigenvalue weighted by Gasteiger charge is -2.06. The first-order chi connectivity index (χ1) is 7.95. The molecule has 0 aromatic heterocycles. The number of sulfone groups is 1. The summed E-state index contributed by atoms with van der Waals surface area (Å²) in [7, 11) is -3.21. The average molecular weight is 269 g/mol. The SMILES string of the molecule is CC(C)SCCS(=O)(=O)c1ccc(C#N)cc1. The molecule has 0 aliphatic rings. The molecule has 0 N–H and O–H groups in total. The van der Waals surface area contributed by atoms with Crippen molar-refractivity contribution in [2.45, 2.75) is 24.0 Å². The summed E-state index contributed by atoms with van der Waals surface area (Å²) < 4.78 is 23.8. The molecular weight excluding hydrogens is 254 g/mol. The van der Waals surface area contributed by atoms with Crippen molar-refractivity contribution in [1.82, 2.24) is 0 Å². The van der Waals surface area contributed by atoms with Crippen molar-refractivity contribution < 1.29 is 8.42 Å². The molecule has 0 fully saturated rings. The van der Waals surface area contributed by atoms with E-state index in [4.69, 9.17) is 5.26 Å². The lowest BCUT2D eigenvalue weighted by molar-refractivity contribution is 0.597. The van der Waals surface area contributed by atoms with Crippen LogP contribution in [0.4, 0.5) is 0 Å². The minimum atomic E-state index is -3.21. The molecular formula is C12H15NO2S2. The van der Waals surface area contributed by atoms with Crippen molar-refractivity contribution >= 4 is 21.6 Å². The van der Waals surface area contributed by atoms with Crippen LogP contribution in [0.3, 0.4) is 0 Å². The van der Waals surface area contributed by atoms with Gasteiger partial charge in [0, 0.05) is 5.75 Å². The summed E-state index contributed by atoms with van der Waals surface area (Å²) in [5, 5.41) is 9.07. The first-order valence-corrected chi connectivity index (χ1v) is 8.00. The number of nitriles is 1. The Kier molecular flexibility index (Phi) is 5.03. The Labute approximate surface area is 107 Å². The van der Waals surface area contributed by atoms with Crippen LogP contribution in [0.5, 0.6) is 0 Å². The maximum atomic E-state index is 11.9. The molecule has 0 radical (unpaired) electrons. The van der Waals surface area contributed by atoms with Gasteiger partial charge in [0.15, 0.2) is 9.84 Å². The standard InChI is InChI=1S/C12H15NO2S2/c1-10(2)16-7-8-17(14,15)12-5-3-11(9-13)4-6-12/h3-6,10H,7-8H2,1-2H3. The van der Waals surface area contributed by atoms with Crippen LogP contribution in [0.1, 0.15) is 19.4 Å². The Hall–Kier alpha value is -0.990.